The summed E-state index contributed by atoms with van der Waals surface area (Å²) >= 11 is 0. The Hall–Kier alpha value is -3.48. The largest absolute Gasteiger partial charge is 0.618 e. The number of methoxy groups -OCH3 is 1. The number of ether oxygens (including phenoxy) is 1. The van der Waals surface area contributed by atoms with Crippen LogP contribution in [0.3, 0.4) is 0 Å². The molecule has 1 heterocycles. The van der Waals surface area contributed by atoms with E-state index in [-0.39, 0.29) is 11.4 Å². The van der Waals surface area contributed by atoms with Crippen LogP contribution in [-0.4, -0.2) is 24.0 Å². The van der Waals surface area contributed by atoms with Crippen LogP contribution in [0, 0.1) is 12.1 Å². The molecule has 2 aromatic carbocycles. The van der Waals surface area contributed by atoms with E-state index < -0.39 is 17.9 Å². The quantitative estimate of drug-likeness (QED) is 0.439. The number of hydrogen-bond acceptors (Lipinski definition) is 5. The maximum atomic E-state index is 12.7. The summed E-state index contributed by atoms with van der Waals surface area (Å²) in [6.45, 7) is 1.51. The molecular formula is C19H17N3O4. The maximum absolute atomic E-state index is 12.7. The highest BCUT2D eigenvalue weighted by atomic mass is 16.5. The van der Waals surface area contributed by atoms with Crippen molar-refractivity contribution in [2.45, 2.75) is 13.0 Å². The summed E-state index contributed by atoms with van der Waals surface area (Å²) in [5.74, 6) is -1.24. The lowest BCUT2D eigenvalue weighted by Gasteiger charge is -2.17. The van der Waals surface area contributed by atoms with E-state index in [0.29, 0.717) is 21.3 Å². The molecule has 1 aromatic heterocycles. The first kappa shape index (κ1) is 17.3. The molecule has 1 atom stereocenters. The predicted octanol–water partition coefficient (Wildman–Crippen LogP) is 1.82. The molecule has 1 amide bonds. The first-order valence-electron chi connectivity index (χ1n) is 7.95. The number of nitrogens with one attached hydrogen (secondary N) is 1. The number of fused-ring (bicyclic) bond motifs is 1. The highest BCUT2D eigenvalue weighted by molar-refractivity contribution is 5.97. The second kappa shape index (κ2) is 7.18. The van der Waals surface area contributed by atoms with Crippen molar-refractivity contribution < 1.29 is 19.1 Å². The van der Waals surface area contributed by atoms with Crippen LogP contribution < -0.4 is 10.0 Å². The van der Waals surface area contributed by atoms with E-state index in [4.69, 9.17) is 4.74 Å². The molecule has 0 radical (unpaired) electrons. The van der Waals surface area contributed by atoms with Crippen LogP contribution >= 0.6 is 0 Å². The zero-order chi connectivity index (χ0) is 18.7. The minimum Gasteiger partial charge on any atom is -0.618 e. The highest BCUT2D eigenvalue weighted by Gasteiger charge is 2.28. The molecule has 0 bridgehead atoms. The van der Waals surface area contributed by atoms with Gasteiger partial charge in [0.2, 0.25) is 11.2 Å². The predicted molar refractivity (Wildman–Crippen MR) is 94.1 cm³/mol. The number of carbonyl (C=O) groups is 2. The number of carbonyl (C=O) groups excluding carboxylic acids is 2. The monoisotopic (exact) mass is 351 g/mol. The number of aromatic nitrogens is 2. The highest BCUT2D eigenvalue weighted by Crippen LogP contribution is 2.16. The van der Waals surface area contributed by atoms with E-state index >= 15 is 0 Å². The van der Waals surface area contributed by atoms with Gasteiger partial charge in [-0.3, -0.25) is 4.79 Å². The Morgan fingerprint density at radius 3 is 2.46 bits per heavy atom. The third-order valence-electron chi connectivity index (χ3n) is 4.04. The lowest BCUT2D eigenvalue weighted by atomic mass is 10.1. The second-order valence-electron chi connectivity index (χ2n) is 5.67. The van der Waals surface area contributed by atoms with Gasteiger partial charge < -0.3 is 15.3 Å². The van der Waals surface area contributed by atoms with Crippen molar-refractivity contribution in [1.82, 2.24) is 10.3 Å². The molecule has 3 aromatic rings. The number of nitrogens with zero attached hydrogens (tertiary/aromatic N) is 2. The minimum absolute atomic E-state index is 0.0384. The van der Waals surface area contributed by atoms with Crippen LogP contribution in [0.2, 0.25) is 0 Å². The van der Waals surface area contributed by atoms with Gasteiger partial charge in [0.25, 0.3) is 5.91 Å². The fraction of sp³-hybridized carbons (Fsp3) is 0.158. The van der Waals surface area contributed by atoms with E-state index in [0.717, 1.165) is 0 Å². The summed E-state index contributed by atoms with van der Waals surface area (Å²) in [4.78, 5) is 29.1. The first-order valence-corrected chi connectivity index (χ1v) is 7.95. The van der Waals surface area contributed by atoms with Crippen LogP contribution in [0.5, 0.6) is 0 Å². The van der Waals surface area contributed by atoms with Gasteiger partial charge in [-0.2, -0.15) is 4.73 Å². The SMILES string of the molecule is COC(=O)[C@@H](NC(=O)c1nc2ccccc2[n+]([O-])c1C)c1ccccc1. The van der Waals surface area contributed by atoms with Crippen molar-refractivity contribution >= 4 is 22.9 Å². The smallest absolute Gasteiger partial charge is 0.333 e. The van der Waals surface area contributed by atoms with E-state index in [1.807, 2.05) is 0 Å². The number of para-hydroxylation sites is 2. The summed E-state index contributed by atoms with van der Waals surface area (Å²) in [5.41, 5.74) is 1.45. The molecule has 26 heavy (non-hydrogen) atoms. The normalized spacial score (nSPS) is 11.8. The van der Waals surface area contributed by atoms with Gasteiger partial charge in [0.05, 0.1) is 7.11 Å². The number of esters is 1. The van der Waals surface area contributed by atoms with Gasteiger partial charge >= 0.3 is 5.97 Å². The molecule has 0 aliphatic heterocycles. The molecule has 0 fully saturated rings. The van der Waals surface area contributed by atoms with Gasteiger partial charge in [-0.15, -0.1) is 0 Å². The Balaban J connectivity index is 1.99. The molecule has 0 aliphatic rings. The number of rotatable bonds is 4. The molecule has 1 N–H and O–H groups in total. The molecule has 0 saturated carbocycles. The third-order valence-corrected chi connectivity index (χ3v) is 4.04. The van der Waals surface area contributed by atoms with E-state index in [2.05, 4.69) is 10.3 Å². The summed E-state index contributed by atoms with van der Waals surface area (Å²) in [7, 11) is 1.25. The van der Waals surface area contributed by atoms with Gasteiger partial charge in [-0.25, -0.2) is 9.78 Å². The van der Waals surface area contributed by atoms with Gasteiger partial charge in [0, 0.05) is 13.0 Å². The summed E-state index contributed by atoms with van der Waals surface area (Å²) in [6, 6.07) is 14.4. The molecule has 0 aliphatic carbocycles. The summed E-state index contributed by atoms with van der Waals surface area (Å²) < 4.78 is 5.45. The Morgan fingerprint density at radius 2 is 1.77 bits per heavy atom. The molecule has 3 rings (SSSR count). The molecule has 7 nitrogen and oxygen atoms in total. The third kappa shape index (κ3) is 3.19. The molecule has 132 valence electrons. The van der Waals surface area contributed by atoms with E-state index in [1.165, 1.54) is 14.0 Å². The van der Waals surface area contributed by atoms with Gasteiger partial charge in [-0.05, 0) is 11.6 Å². The van der Waals surface area contributed by atoms with Crippen LogP contribution in [0.1, 0.15) is 27.8 Å². The lowest BCUT2D eigenvalue weighted by molar-refractivity contribution is -0.584. The zero-order valence-corrected chi connectivity index (χ0v) is 14.3. The van der Waals surface area contributed by atoms with Crippen molar-refractivity contribution in [3.63, 3.8) is 0 Å². The lowest BCUT2D eigenvalue weighted by Crippen LogP contribution is -2.39. The Bertz CT molecular complexity index is 973. The number of amides is 1. The van der Waals surface area contributed by atoms with Crippen LogP contribution in [0.4, 0.5) is 0 Å². The fourth-order valence-corrected chi connectivity index (χ4v) is 2.66. The summed E-state index contributed by atoms with van der Waals surface area (Å²) in [6.07, 6.45) is 0. The molecule has 0 saturated heterocycles. The Kier molecular flexibility index (Phi) is 4.79. The average Bonchev–Trinajstić information content (AvgIpc) is 2.68. The van der Waals surface area contributed by atoms with Crippen molar-refractivity contribution in [2.24, 2.45) is 0 Å². The topological polar surface area (TPSA) is 95.2 Å². The van der Waals surface area contributed by atoms with Gasteiger partial charge in [0.1, 0.15) is 5.52 Å². The minimum atomic E-state index is -0.999. The zero-order valence-electron chi connectivity index (χ0n) is 14.3. The summed E-state index contributed by atoms with van der Waals surface area (Å²) in [5, 5.41) is 15.0. The first-order chi connectivity index (χ1) is 12.5. The number of hydrogen-bond donors (Lipinski definition) is 1. The average molecular weight is 351 g/mol. The standard InChI is InChI=1S/C19H17N3O4/c1-12-16(20-14-10-6-7-11-15(14)22(12)25)18(23)21-17(19(24)26-2)13-8-4-3-5-9-13/h3-11,17H,1-2H3,(H,21,23)/t17-/m0/s1. The van der Waals surface area contributed by atoms with E-state index in [9.17, 15) is 14.8 Å². The number of benzene rings is 2. The van der Waals surface area contributed by atoms with Crippen molar-refractivity contribution in [1.29, 1.82) is 0 Å². The molecule has 0 unspecified atom stereocenters. The van der Waals surface area contributed by atoms with Crippen molar-refractivity contribution in [3.8, 4) is 0 Å². The molecule has 0 spiro atoms. The van der Waals surface area contributed by atoms with Crippen LogP contribution in [-0.2, 0) is 9.53 Å². The second-order valence-corrected chi connectivity index (χ2v) is 5.67. The van der Waals surface area contributed by atoms with Crippen molar-refractivity contribution in [3.05, 3.63) is 76.8 Å². The van der Waals surface area contributed by atoms with Gasteiger partial charge in [0.15, 0.2) is 11.7 Å². The Labute approximate surface area is 149 Å². The van der Waals surface area contributed by atoms with E-state index in [1.54, 1.807) is 54.6 Å². The maximum Gasteiger partial charge on any atom is 0.333 e. The molecular weight excluding hydrogens is 334 g/mol. The Morgan fingerprint density at radius 1 is 1.12 bits per heavy atom. The molecule has 7 heteroatoms. The van der Waals surface area contributed by atoms with Gasteiger partial charge in [-0.1, -0.05) is 42.5 Å². The van der Waals surface area contributed by atoms with Crippen LogP contribution in [0.25, 0.3) is 11.0 Å². The van der Waals surface area contributed by atoms with Crippen molar-refractivity contribution in [2.75, 3.05) is 7.11 Å². The van der Waals surface area contributed by atoms with Crippen LogP contribution in [0.15, 0.2) is 54.6 Å². The fourth-order valence-electron chi connectivity index (χ4n) is 2.66.